The Morgan fingerprint density at radius 1 is 1.45 bits per heavy atom. The molecule has 0 saturated heterocycles. The fourth-order valence-electron chi connectivity index (χ4n) is 2.55. The summed E-state index contributed by atoms with van der Waals surface area (Å²) in [5.41, 5.74) is 4.21. The molecule has 2 aromatic heterocycles. The Balaban J connectivity index is 2.15. The minimum Gasteiger partial charge on any atom is -0.383 e. The molecule has 0 aliphatic carbocycles. The molecule has 2 rings (SSSR count). The van der Waals surface area contributed by atoms with Gasteiger partial charge in [0.2, 0.25) is 5.91 Å². The number of carbonyl (C=O) groups excluding carboxylic acids is 1. The Bertz CT molecular complexity index is 660. The van der Waals surface area contributed by atoms with Gasteiger partial charge in [-0.05, 0) is 33.8 Å². The van der Waals surface area contributed by atoms with E-state index in [1.165, 1.54) is 0 Å². The van der Waals surface area contributed by atoms with Crippen molar-refractivity contribution in [3.05, 3.63) is 27.8 Å². The summed E-state index contributed by atoms with van der Waals surface area (Å²) in [6.45, 7) is 8.80. The third-order valence-corrected chi connectivity index (χ3v) is 4.37. The summed E-state index contributed by atoms with van der Waals surface area (Å²) in [6, 6.07) is 2.10. The normalized spacial score (nSPS) is 12.4. The van der Waals surface area contributed by atoms with Crippen LogP contribution in [0.5, 0.6) is 0 Å². The standard InChI is InChI=1S/C16H23N3O2S/c1-10(8-21-5)17-16(20)7-19-11(2)6-14(12(19)3)15-9-22-13(4)18-15/h6,9-10H,7-8H2,1-5H3,(H,17,20)/t10-/m1/s1. The summed E-state index contributed by atoms with van der Waals surface area (Å²) in [6.07, 6.45) is 0. The maximum Gasteiger partial charge on any atom is 0.240 e. The van der Waals surface area contributed by atoms with E-state index >= 15 is 0 Å². The van der Waals surface area contributed by atoms with Gasteiger partial charge >= 0.3 is 0 Å². The maximum atomic E-state index is 12.2. The summed E-state index contributed by atoms with van der Waals surface area (Å²) >= 11 is 1.64. The number of methoxy groups -OCH3 is 1. The lowest BCUT2D eigenvalue weighted by molar-refractivity contribution is -0.122. The number of hydrogen-bond donors (Lipinski definition) is 1. The van der Waals surface area contributed by atoms with Crippen molar-refractivity contribution in [3.8, 4) is 11.3 Å². The van der Waals surface area contributed by atoms with Gasteiger partial charge in [-0.3, -0.25) is 4.79 Å². The molecule has 0 fully saturated rings. The van der Waals surface area contributed by atoms with E-state index in [4.69, 9.17) is 4.74 Å². The van der Waals surface area contributed by atoms with Gasteiger partial charge in [-0.25, -0.2) is 4.98 Å². The van der Waals surface area contributed by atoms with E-state index in [-0.39, 0.29) is 11.9 Å². The van der Waals surface area contributed by atoms with E-state index in [1.807, 2.05) is 32.3 Å². The Morgan fingerprint density at radius 3 is 2.77 bits per heavy atom. The van der Waals surface area contributed by atoms with Gasteiger partial charge in [-0.2, -0.15) is 0 Å². The second kappa shape index (κ2) is 7.07. The van der Waals surface area contributed by atoms with Gasteiger partial charge in [0.05, 0.1) is 17.3 Å². The summed E-state index contributed by atoms with van der Waals surface area (Å²) in [7, 11) is 1.63. The van der Waals surface area contributed by atoms with Gasteiger partial charge in [-0.15, -0.1) is 11.3 Å². The summed E-state index contributed by atoms with van der Waals surface area (Å²) in [5, 5.41) is 6.04. The number of amides is 1. The highest BCUT2D eigenvalue weighted by atomic mass is 32.1. The smallest absolute Gasteiger partial charge is 0.240 e. The van der Waals surface area contributed by atoms with Crippen LogP contribution >= 0.6 is 11.3 Å². The minimum absolute atomic E-state index is 0.00708. The molecule has 1 N–H and O–H groups in total. The molecule has 0 bridgehead atoms. The van der Waals surface area contributed by atoms with Crippen molar-refractivity contribution in [2.45, 2.75) is 40.3 Å². The van der Waals surface area contributed by atoms with Gasteiger partial charge in [-0.1, -0.05) is 0 Å². The number of nitrogens with zero attached hydrogens (tertiary/aromatic N) is 2. The fourth-order valence-corrected chi connectivity index (χ4v) is 3.16. The molecule has 0 saturated carbocycles. The van der Waals surface area contributed by atoms with E-state index in [0.717, 1.165) is 27.7 Å². The average Bonchev–Trinajstić information content (AvgIpc) is 2.97. The number of aromatic nitrogens is 2. The molecule has 5 nitrogen and oxygen atoms in total. The maximum absolute atomic E-state index is 12.2. The van der Waals surface area contributed by atoms with Crippen LogP contribution in [-0.4, -0.2) is 35.2 Å². The molecule has 0 aliphatic heterocycles. The van der Waals surface area contributed by atoms with Crippen LogP contribution in [0.15, 0.2) is 11.4 Å². The first-order chi connectivity index (χ1) is 10.4. The van der Waals surface area contributed by atoms with Crippen LogP contribution in [-0.2, 0) is 16.1 Å². The second-order valence-electron chi connectivity index (χ2n) is 5.55. The number of nitrogens with one attached hydrogen (secondary N) is 1. The van der Waals surface area contributed by atoms with Crippen LogP contribution in [0.1, 0.15) is 23.3 Å². The molecule has 22 heavy (non-hydrogen) atoms. The van der Waals surface area contributed by atoms with E-state index in [0.29, 0.717) is 13.2 Å². The highest BCUT2D eigenvalue weighted by molar-refractivity contribution is 7.09. The number of carbonyl (C=O) groups is 1. The summed E-state index contributed by atoms with van der Waals surface area (Å²) in [5.74, 6) is -0.00708. The molecule has 0 unspecified atom stereocenters. The highest BCUT2D eigenvalue weighted by Gasteiger charge is 2.16. The van der Waals surface area contributed by atoms with Crippen LogP contribution in [0.4, 0.5) is 0 Å². The van der Waals surface area contributed by atoms with Crippen LogP contribution < -0.4 is 5.32 Å². The molecule has 6 heteroatoms. The first-order valence-electron chi connectivity index (χ1n) is 7.30. The van der Waals surface area contributed by atoms with Crippen molar-refractivity contribution in [3.63, 3.8) is 0 Å². The largest absolute Gasteiger partial charge is 0.383 e. The molecule has 120 valence electrons. The highest BCUT2D eigenvalue weighted by Crippen LogP contribution is 2.27. The number of rotatable bonds is 6. The SMILES string of the molecule is COC[C@@H](C)NC(=O)Cn1c(C)cc(-c2csc(C)n2)c1C. The van der Waals surface area contributed by atoms with Crippen LogP contribution in [0, 0.1) is 20.8 Å². The van der Waals surface area contributed by atoms with Crippen molar-refractivity contribution < 1.29 is 9.53 Å². The molecule has 0 spiro atoms. The topological polar surface area (TPSA) is 56.1 Å². The van der Waals surface area contributed by atoms with Crippen LogP contribution in [0.25, 0.3) is 11.3 Å². The zero-order valence-corrected chi connectivity index (χ0v) is 14.6. The van der Waals surface area contributed by atoms with Gasteiger partial charge in [0.25, 0.3) is 0 Å². The third-order valence-electron chi connectivity index (χ3n) is 3.59. The monoisotopic (exact) mass is 321 g/mol. The Morgan fingerprint density at radius 2 is 2.18 bits per heavy atom. The average molecular weight is 321 g/mol. The van der Waals surface area contributed by atoms with Gasteiger partial charge < -0.3 is 14.6 Å². The van der Waals surface area contributed by atoms with Gasteiger partial charge in [0.1, 0.15) is 6.54 Å². The summed E-state index contributed by atoms with van der Waals surface area (Å²) < 4.78 is 7.06. The number of aryl methyl sites for hydroxylation is 2. The molecule has 1 atom stereocenters. The quantitative estimate of drug-likeness (QED) is 0.890. The van der Waals surface area contributed by atoms with E-state index in [1.54, 1.807) is 18.4 Å². The van der Waals surface area contributed by atoms with Crippen LogP contribution in [0.2, 0.25) is 0 Å². The lowest BCUT2D eigenvalue weighted by atomic mass is 10.2. The van der Waals surface area contributed by atoms with E-state index in [9.17, 15) is 4.79 Å². The van der Waals surface area contributed by atoms with Crippen molar-refractivity contribution in [2.24, 2.45) is 0 Å². The van der Waals surface area contributed by atoms with Crippen molar-refractivity contribution in [1.29, 1.82) is 0 Å². The summed E-state index contributed by atoms with van der Waals surface area (Å²) in [4.78, 5) is 16.7. The molecule has 0 aromatic carbocycles. The molecular formula is C16H23N3O2S. The molecule has 0 aliphatic rings. The predicted octanol–water partition coefficient (Wildman–Crippen LogP) is 2.69. The zero-order chi connectivity index (χ0) is 16.3. The predicted molar refractivity (Wildman–Crippen MR) is 89.2 cm³/mol. The Labute approximate surface area is 135 Å². The minimum atomic E-state index is -0.00708. The van der Waals surface area contributed by atoms with E-state index in [2.05, 4.69) is 21.7 Å². The number of ether oxygens (including phenoxy) is 1. The molecule has 1 amide bonds. The van der Waals surface area contributed by atoms with Gasteiger partial charge in [0.15, 0.2) is 0 Å². The molecular weight excluding hydrogens is 298 g/mol. The number of hydrogen-bond acceptors (Lipinski definition) is 4. The van der Waals surface area contributed by atoms with Crippen molar-refractivity contribution in [2.75, 3.05) is 13.7 Å². The number of thiazole rings is 1. The first-order valence-corrected chi connectivity index (χ1v) is 8.18. The lowest BCUT2D eigenvalue weighted by Gasteiger charge is -2.15. The van der Waals surface area contributed by atoms with Crippen molar-refractivity contribution in [1.82, 2.24) is 14.9 Å². The van der Waals surface area contributed by atoms with Crippen LogP contribution in [0.3, 0.4) is 0 Å². The van der Waals surface area contributed by atoms with E-state index < -0.39 is 0 Å². The first kappa shape index (κ1) is 16.7. The molecule has 0 radical (unpaired) electrons. The van der Waals surface area contributed by atoms with Gasteiger partial charge in [0, 0.05) is 35.5 Å². The second-order valence-corrected chi connectivity index (χ2v) is 6.61. The third kappa shape index (κ3) is 3.75. The van der Waals surface area contributed by atoms with Crippen molar-refractivity contribution >= 4 is 17.2 Å². The molecule has 2 heterocycles. The Kier molecular flexibility index (Phi) is 5.37. The lowest BCUT2D eigenvalue weighted by Crippen LogP contribution is -2.38. The zero-order valence-electron chi connectivity index (χ0n) is 13.8. The Hall–Kier alpha value is -1.66. The fraction of sp³-hybridized carbons (Fsp3) is 0.500. The molecule has 2 aromatic rings.